The van der Waals surface area contributed by atoms with Crippen LogP contribution in [0.3, 0.4) is 0 Å². The van der Waals surface area contributed by atoms with Crippen molar-refractivity contribution in [2.24, 2.45) is 17.8 Å². The second-order valence-corrected chi connectivity index (χ2v) is 4.87. The molecule has 3 atom stereocenters. The molecule has 1 aliphatic rings. The smallest absolute Gasteiger partial charge is 0.224 e. The molecule has 1 N–H and O–H groups in total. The van der Waals surface area contributed by atoms with E-state index >= 15 is 0 Å². The minimum absolute atomic E-state index is 0.0697. The summed E-state index contributed by atoms with van der Waals surface area (Å²) in [5, 5.41) is 11.7. The van der Waals surface area contributed by atoms with Crippen molar-refractivity contribution >= 4 is 5.91 Å². The Morgan fingerprint density at radius 2 is 2.13 bits per heavy atom. The fourth-order valence-corrected chi connectivity index (χ4v) is 2.14. The summed E-state index contributed by atoms with van der Waals surface area (Å²) in [6.45, 7) is 6.02. The van der Waals surface area contributed by atoms with Crippen molar-refractivity contribution in [3.63, 3.8) is 0 Å². The van der Waals surface area contributed by atoms with E-state index in [2.05, 4.69) is 18.3 Å². The maximum absolute atomic E-state index is 11.9. The van der Waals surface area contributed by atoms with E-state index in [1.54, 1.807) is 0 Å². The fourth-order valence-electron chi connectivity index (χ4n) is 2.14. The predicted octanol–water partition coefficient (Wildman–Crippen LogP) is 2.09. The minimum atomic E-state index is -0.342. The highest BCUT2D eigenvalue weighted by atomic mass is 16.2. The van der Waals surface area contributed by atoms with E-state index in [1.165, 1.54) is 0 Å². The number of carbonyl (C=O) groups is 1. The van der Waals surface area contributed by atoms with Crippen molar-refractivity contribution in [1.29, 1.82) is 5.26 Å². The number of nitriles is 1. The summed E-state index contributed by atoms with van der Waals surface area (Å²) in [4.78, 5) is 11.9. The van der Waals surface area contributed by atoms with Crippen LogP contribution in [0.4, 0.5) is 0 Å². The molecule has 84 valence electrons. The summed E-state index contributed by atoms with van der Waals surface area (Å²) < 4.78 is 0. The molecule has 0 aliphatic heterocycles. The second kappa shape index (κ2) is 5.16. The lowest BCUT2D eigenvalue weighted by Gasteiger charge is -2.20. The summed E-state index contributed by atoms with van der Waals surface area (Å²) in [7, 11) is 0. The predicted molar refractivity (Wildman–Crippen MR) is 58.9 cm³/mol. The van der Waals surface area contributed by atoms with Crippen LogP contribution in [0.15, 0.2) is 0 Å². The minimum Gasteiger partial charge on any atom is -0.340 e. The van der Waals surface area contributed by atoms with E-state index in [0.29, 0.717) is 5.92 Å². The maximum Gasteiger partial charge on any atom is 0.224 e. The Hall–Kier alpha value is -1.04. The highest BCUT2D eigenvalue weighted by molar-refractivity contribution is 5.79. The van der Waals surface area contributed by atoms with E-state index < -0.39 is 0 Å². The van der Waals surface area contributed by atoms with Crippen LogP contribution in [0.5, 0.6) is 0 Å². The van der Waals surface area contributed by atoms with Crippen LogP contribution in [-0.2, 0) is 4.79 Å². The molecule has 1 rings (SSSR count). The normalized spacial score (nSPS) is 27.4. The van der Waals surface area contributed by atoms with Gasteiger partial charge in [-0.05, 0) is 24.7 Å². The van der Waals surface area contributed by atoms with Crippen LogP contribution in [-0.4, -0.2) is 11.9 Å². The van der Waals surface area contributed by atoms with Crippen molar-refractivity contribution in [1.82, 2.24) is 5.32 Å². The van der Waals surface area contributed by atoms with Crippen LogP contribution in [0, 0.1) is 29.1 Å². The highest BCUT2D eigenvalue weighted by Crippen LogP contribution is 2.31. The lowest BCUT2D eigenvalue weighted by Crippen LogP contribution is -2.41. The third kappa shape index (κ3) is 2.95. The molecule has 0 aromatic carbocycles. The third-order valence-corrected chi connectivity index (χ3v) is 3.30. The van der Waals surface area contributed by atoms with Crippen LogP contribution in [0.2, 0.25) is 0 Å². The van der Waals surface area contributed by atoms with Gasteiger partial charge in [0.2, 0.25) is 5.91 Å². The van der Waals surface area contributed by atoms with Gasteiger partial charge in [-0.3, -0.25) is 4.79 Å². The van der Waals surface area contributed by atoms with Gasteiger partial charge < -0.3 is 5.32 Å². The fraction of sp³-hybridized carbons (Fsp3) is 0.833. The Bertz CT molecular complexity index is 267. The van der Waals surface area contributed by atoms with Crippen LogP contribution < -0.4 is 5.32 Å². The number of amides is 1. The van der Waals surface area contributed by atoms with Gasteiger partial charge in [0.15, 0.2) is 0 Å². The van der Waals surface area contributed by atoms with Gasteiger partial charge in [0.25, 0.3) is 0 Å². The average Bonchev–Trinajstić information content (AvgIpc) is 2.60. The molecule has 3 nitrogen and oxygen atoms in total. The zero-order valence-electron chi connectivity index (χ0n) is 9.79. The van der Waals surface area contributed by atoms with Gasteiger partial charge >= 0.3 is 0 Å². The monoisotopic (exact) mass is 208 g/mol. The Morgan fingerprint density at radius 1 is 1.47 bits per heavy atom. The molecule has 0 bridgehead atoms. The summed E-state index contributed by atoms with van der Waals surface area (Å²) in [5.41, 5.74) is 0. The molecule has 15 heavy (non-hydrogen) atoms. The van der Waals surface area contributed by atoms with Crippen LogP contribution in [0.1, 0.15) is 40.0 Å². The zero-order valence-corrected chi connectivity index (χ0v) is 9.79. The number of hydrogen-bond acceptors (Lipinski definition) is 2. The highest BCUT2D eigenvalue weighted by Gasteiger charge is 2.31. The Labute approximate surface area is 91.9 Å². The van der Waals surface area contributed by atoms with Gasteiger partial charge in [-0.25, -0.2) is 0 Å². The van der Waals surface area contributed by atoms with Crippen molar-refractivity contribution in [2.45, 2.75) is 46.1 Å². The molecule has 1 fully saturated rings. The first kappa shape index (κ1) is 12.0. The molecule has 1 aliphatic carbocycles. The first-order chi connectivity index (χ1) is 7.06. The molecular formula is C12H20N2O. The topological polar surface area (TPSA) is 52.9 Å². The molecule has 3 unspecified atom stereocenters. The number of nitrogens with zero attached hydrogens (tertiary/aromatic N) is 1. The Balaban J connectivity index is 2.51. The van der Waals surface area contributed by atoms with Crippen molar-refractivity contribution in [3.8, 4) is 6.07 Å². The van der Waals surface area contributed by atoms with E-state index in [9.17, 15) is 4.79 Å². The average molecular weight is 208 g/mol. The van der Waals surface area contributed by atoms with Gasteiger partial charge in [0.1, 0.15) is 6.04 Å². The van der Waals surface area contributed by atoms with Gasteiger partial charge in [-0.1, -0.05) is 27.2 Å². The largest absolute Gasteiger partial charge is 0.340 e. The molecular weight excluding hydrogens is 188 g/mol. The summed E-state index contributed by atoms with van der Waals surface area (Å²) in [5.74, 6) is 0.840. The standard InChI is InChI=1S/C12H20N2O/c1-8(2)11(7-13)14-12(15)10-6-4-5-9(10)3/h8-11H,4-6H2,1-3H3,(H,14,15). The number of nitrogens with one attached hydrogen (secondary N) is 1. The number of carbonyl (C=O) groups excluding carboxylic acids is 1. The second-order valence-electron chi connectivity index (χ2n) is 4.87. The molecule has 0 aromatic heterocycles. The Kier molecular flexibility index (Phi) is 4.14. The summed E-state index contributed by atoms with van der Waals surface area (Å²) in [6.07, 6.45) is 3.25. The summed E-state index contributed by atoms with van der Waals surface area (Å²) >= 11 is 0. The van der Waals surface area contributed by atoms with E-state index in [4.69, 9.17) is 5.26 Å². The molecule has 0 aromatic rings. The van der Waals surface area contributed by atoms with Crippen molar-refractivity contribution < 1.29 is 4.79 Å². The van der Waals surface area contributed by atoms with Gasteiger partial charge in [-0.2, -0.15) is 5.26 Å². The first-order valence-corrected chi connectivity index (χ1v) is 5.76. The van der Waals surface area contributed by atoms with Crippen molar-refractivity contribution in [3.05, 3.63) is 0 Å². The lowest BCUT2D eigenvalue weighted by atomic mass is 9.96. The SMILES string of the molecule is CC(C)C(C#N)NC(=O)C1CCCC1C. The third-order valence-electron chi connectivity index (χ3n) is 3.30. The van der Waals surface area contributed by atoms with Crippen LogP contribution in [0.25, 0.3) is 0 Å². The Morgan fingerprint density at radius 3 is 2.53 bits per heavy atom. The molecule has 1 saturated carbocycles. The number of rotatable bonds is 3. The number of hydrogen-bond donors (Lipinski definition) is 1. The maximum atomic E-state index is 11.9. The molecule has 1 amide bonds. The molecule has 0 heterocycles. The van der Waals surface area contributed by atoms with E-state index in [0.717, 1.165) is 19.3 Å². The van der Waals surface area contributed by atoms with E-state index in [-0.39, 0.29) is 23.8 Å². The molecule has 0 radical (unpaired) electrons. The summed E-state index contributed by atoms with van der Waals surface area (Å²) in [6, 6.07) is 1.80. The quantitative estimate of drug-likeness (QED) is 0.772. The van der Waals surface area contributed by atoms with Crippen LogP contribution >= 0.6 is 0 Å². The van der Waals surface area contributed by atoms with Gasteiger partial charge in [-0.15, -0.1) is 0 Å². The zero-order chi connectivity index (χ0) is 11.4. The van der Waals surface area contributed by atoms with Gasteiger partial charge in [0.05, 0.1) is 6.07 Å². The first-order valence-electron chi connectivity index (χ1n) is 5.76. The van der Waals surface area contributed by atoms with Gasteiger partial charge in [0, 0.05) is 5.92 Å². The molecule has 0 saturated heterocycles. The molecule has 3 heteroatoms. The van der Waals surface area contributed by atoms with E-state index in [1.807, 2.05) is 13.8 Å². The van der Waals surface area contributed by atoms with Crippen molar-refractivity contribution in [2.75, 3.05) is 0 Å². The molecule has 0 spiro atoms. The lowest BCUT2D eigenvalue weighted by molar-refractivity contribution is -0.126.